The van der Waals surface area contributed by atoms with Crippen molar-refractivity contribution < 1.29 is 0 Å². The molecule has 1 rings (SSSR count). The Morgan fingerprint density at radius 1 is 1.83 bits per heavy atom. The lowest BCUT2D eigenvalue weighted by atomic mass is 11.0. The lowest BCUT2D eigenvalue weighted by Crippen LogP contribution is -1.51. The third-order valence-corrected chi connectivity index (χ3v) is 1.43. The maximum Gasteiger partial charge on any atom is 0.111 e. The molecule has 0 bridgehead atoms. The second-order valence-electron chi connectivity index (χ2n) is 0.722. The minimum absolute atomic E-state index is 0.975. The Morgan fingerprint density at radius 2 is 2.67 bits per heavy atom. The number of hydrogen-bond donors (Lipinski definition) is 0. The van der Waals surface area contributed by atoms with Crippen LogP contribution in [-0.4, -0.2) is 9.59 Å². The monoisotopic (exact) mass is 164 g/mol. The van der Waals surface area contributed by atoms with Crippen molar-refractivity contribution in [1.29, 1.82) is 0 Å². The first kappa shape index (κ1) is 4.21. The van der Waals surface area contributed by atoms with Crippen LogP contribution in [0.1, 0.15) is 0 Å². The van der Waals surface area contributed by atoms with E-state index in [2.05, 4.69) is 25.5 Å². The molecule has 0 aliphatic heterocycles. The van der Waals surface area contributed by atoms with Crippen LogP contribution in [0, 0.1) is 0 Å². The van der Waals surface area contributed by atoms with Crippen molar-refractivity contribution in [1.82, 2.24) is 9.59 Å². The molecule has 32 valence electrons. The van der Waals surface area contributed by atoms with E-state index in [0.717, 1.165) is 3.79 Å². The number of aromatic nitrogens is 2. The van der Waals surface area contributed by atoms with Gasteiger partial charge in [0.15, 0.2) is 0 Å². The lowest BCUT2D eigenvalue weighted by molar-refractivity contribution is 1.15. The van der Waals surface area contributed by atoms with Gasteiger partial charge in [-0.15, -0.1) is 5.10 Å². The van der Waals surface area contributed by atoms with E-state index in [1.807, 2.05) is 0 Å². The van der Waals surface area contributed by atoms with E-state index < -0.39 is 0 Å². The fourth-order valence-electron chi connectivity index (χ4n) is 0.155. The van der Waals surface area contributed by atoms with Crippen LogP contribution in [0.3, 0.4) is 0 Å². The lowest BCUT2D eigenvalue weighted by Gasteiger charge is -1.56. The zero-order chi connectivity index (χ0) is 4.41. The van der Waals surface area contributed by atoms with Gasteiger partial charge in [0.1, 0.15) is 3.79 Å². The molecule has 0 saturated heterocycles. The van der Waals surface area contributed by atoms with Crippen LogP contribution >= 0.6 is 27.5 Å². The normalized spacial score (nSPS) is 8.83. The highest BCUT2D eigenvalue weighted by molar-refractivity contribution is 9.11. The Balaban J connectivity index is 3.05. The second kappa shape index (κ2) is 1.66. The van der Waals surface area contributed by atoms with Gasteiger partial charge in [-0.2, -0.15) is 0 Å². The maximum absolute atomic E-state index is 3.57. The van der Waals surface area contributed by atoms with Crippen molar-refractivity contribution in [3.8, 4) is 0 Å². The molecule has 0 amide bonds. The minimum Gasteiger partial charge on any atom is -0.145 e. The van der Waals surface area contributed by atoms with Crippen LogP contribution < -0.4 is 0 Å². The third-order valence-electron chi connectivity index (χ3n) is 0.334. The van der Waals surface area contributed by atoms with Gasteiger partial charge >= 0.3 is 0 Å². The average Bonchev–Trinajstić information content (AvgIpc) is 1.86. The van der Waals surface area contributed by atoms with Gasteiger partial charge in [-0.1, -0.05) is 4.49 Å². The van der Waals surface area contributed by atoms with Crippen molar-refractivity contribution in [2.75, 3.05) is 0 Å². The predicted octanol–water partition coefficient (Wildman–Crippen LogP) is 1.30. The Labute approximate surface area is 47.5 Å². The molecule has 0 aliphatic rings. The molecule has 0 aromatic carbocycles. The molecule has 0 spiro atoms. The molecule has 1 aromatic rings. The highest BCUT2D eigenvalue weighted by Gasteiger charge is 1.81. The number of nitrogens with zero attached hydrogens (tertiary/aromatic N) is 2. The summed E-state index contributed by atoms with van der Waals surface area (Å²) in [6, 6.07) is 0. The van der Waals surface area contributed by atoms with Gasteiger partial charge in [-0.05, 0) is 27.5 Å². The molecule has 1 aromatic heterocycles. The first-order valence-corrected chi connectivity index (χ1v) is 2.89. The minimum atomic E-state index is 0.975. The molecule has 0 aliphatic carbocycles. The molecule has 0 radical (unpaired) electrons. The Morgan fingerprint density at radius 3 is 2.83 bits per heavy atom. The van der Waals surface area contributed by atoms with Crippen molar-refractivity contribution in [3.05, 3.63) is 9.98 Å². The van der Waals surface area contributed by atoms with Gasteiger partial charge < -0.3 is 0 Å². The Bertz CT molecular complexity index is 115. The molecule has 0 unspecified atom stereocenters. The van der Waals surface area contributed by atoms with Crippen LogP contribution in [0.15, 0.2) is 9.98 Å². The molecular formula is C2HBrN2S. The summed E-state index contributed by atoms with van der Waals surface area (Å²) in [5.74, 6) is 0. The smallest absolute Gasteiger partial charge is 0.111 e. The van der Waals surface area contributed by atoms with Gasteiger partial charge in [-0.25, -0.2) is 0 Å². The first-order valence-electron chi connectivity index (χ1n) is 1.32. The first-order chi connectivity index (χ1) is 2.89. The topological polar surface area (TPSA) is 25.8 Å². The van der Waals surface area contributed by atoms with E-state index >= 15 is 0 Å². The van der Waals surface area contributed by atoms with Gasteiger partial charge in [0.05, 0.1) is 6.20 Å². The quantitative estimate of drug-likeness (QED) is 0.578. The van der Waals surface area contributed by atoms with Crippen molar-refractivity contribution in [2.45, 2.75) is 0 Å². The SMILES string of the molecule is Brc1cnns1. The molecular weight excluding hydrogens is 164 g/mol. The molecule has 4 heteroatoms. The molecule has 6 heavy (non-hydrogen) atoms. The van der Waals surface area contributed by atoms with Crippen LogP contribution in [0.25, 0.3) is 0 Å². The molecule has 0 saturated carbocycles. The van der Waals surface area contributed by atoms with Gasteiger partial charge in [0.2, 0.25) is 0 Å². The zero-order valence-corrected chi connectivity index (χ0v) is 5.16. The summed E-state index contributed by atoms with van der Waals surface area (Å²) in [4.78, 5) is 0. The van der Waals surface area contributed by atoms with Crippen LogP contribution in [-0.2, 0) is 0 Å². The molecule has 2 nitrogen and oxygen atoms in total. The largest absolute Gasteiger partial charge is 0.145 e. The average molecular weight is 165 g/mol. The highest BCUT2D eigenvalue weighted by Crippen LogP contribution is 2.09. The third kappa shape index (κ3) is 0.753. The maximum atomic E-state index is 3.57. The number of halogens is 1. The van der Waals surface area contributed by atoms with E-state index in [0.29, 0.717) is 0 Å². The van der Waals surface area contributed by atoms with Gasteiger partial charge in [-0.3, -0.25) is 0 Å². The van der Waals surface area contributed by atoms with Crippen molar-refractivity contribution >= 4 is 27.5 Å². The second-order valence-corrected chi connectivity index (χ2v) is 2.89. The van der Waals surface area contributed by atoms with E-state index in [1.54, 1.807) is 6.20 Å². The summed E-state index contributed by atoms with van der Waals surface area (Å²) in [5.41, 5.74) is 0. The van der Waals surface area contributed by atoms with E-state index in [9.17, 15) is 0 Å². The van der Waals surface area contributed by atoms with Crippen molar-refractivity contribution in [3.63, 3.8) is 0 Å². The van der Waals surface area contributed by atoms with Crippen LogP contribution in [0.2, 0.25) is 0 Å². The number of hydrogen-bond acceptors (Lipinski definition) is 3. The summed E-state index contributed by atoms with van der Waals surface area (Å²) in [6.45, 7) is 0. The van der Waals surface area contributed by atoms with Crippen LogP contribution in [0.4, 0.5) is 0 Å². The predicted molar refractivity (Wildman–Crippen MR) is 27.6 cm³/mol. The Kier molecular flexibility index (Phi) is 1.16. The number of rotatable bonds is 0. The summed E-state index contributed by atoms with van der Waals surface area (Å²) in [5, 5.41) is 3.54. The fourth-order valence-corrected chi connectivity index (χ4v) is 0.707. The van der Waals surface area contributed by atoms with Gasteiger partial charge in [0.25, 0.3) is 0 Å². The Hall–Kier alpha value is 0.0400. The summed E-state index contributed by atoms with van der Waals surface area (Å²) in [7, 11) is 0. The summed E-state index contributed by atoms with van der Waals surface area (Å²) < 4.78 is 4.54. The standard InChI is InChI=1S/C2HBrN2S/c3-2-1-4-5-6-2/h1H. The molecule has 0 fully saturated rings. The zero-order valence-electron chi connectivity index (χ0n) is 2.76. The molecule has 0 N–H and O–H groups in total. The van der Waals surface area contributed by atoms with E-state index in [4.69, 9.17) is 0 Å². The van der Waals surface area contributed by atoms with Crippen molar-refractivity contribution in [2.24, 2.45) is 0 Å². The van der Waals surface area contributed by atoms with E-state index in [-0.39, 0.29) is 0 Å². The van der Waals surface area contributed by atoms with Gasteiger partial charge in [0, 0.05) is 0 Å². The van der Waals surface area contributed by atoms with E-state index in [1.165, 1.54) is 11.5 Å². The molecule has 0 atom stereocenters. The fraction of sp³-hybridized carbons (Fsp3) is 0. The molecule has 1 heterocycles. The summed E-state index contributed by atoms with van der Waals surface area (Å²) >= 11 is 4.51. The summed E-state index contributed by atoms with van der Waals surface area (Å²) in [6.07, 6.45) is 1.66. The highest BCUT2D eigenvalue weighted by atomic mass is 79.9. The van der Waals surface area contributed by atoms with Crippen LogP contribution in [0.5, 0.6) is 0 Å².